The number of hydrazone groups is 1. The fraction of sp³-hybridized carbons (Fsp3) is 0.250. The van der Waals surface area contributed by atoms with Crippen molar-refractivity contribution in [3.8, 4) is 0 Å². The number of morpholine rings is 1. The van der Waals surface area contributed by atoms with Gasteiger partial charge >= 0.3 is 0 Å². The van der Waals surface area contributed by atoms with Crippen LogP contribution in [0.4, 0.5) is 17.1 Å². The Morgan fingerprint density at radius 2 is 1.84 bits per heavy atom. The fourth-order valence-electron chi connectivity index (χ4n) is 4.11. The molecule has 0 amide bonds. The van der Waals surface area contributed by atoms with Crippen LogP contribution in [0.1, 0.15) is 18.0 Å². The van der Waals surface area contributed by atoms with Crippen LogP contribution >= 0.6 is 22.9 Å². The number of hydrogen-bond acceptors (Lipinski definition) is 7. The van der Waals surface area contributed by atoms with E-state index in [1.807, 2.05) is 69.9 Å². The number of rotatable bonds is 5. The molecule has 1 aromatic heterocycles. The number of carbonyl (C=O) groups is 1. The summed E-state index contributed by atoms with van der Waals surface area (Å²) in [5.41, 5.74) is 2.73. The first-order valence-electron chi connectivity index (χ1n) is 10.5. The summed E-state index contributed by atoms with van der Waals surface area (Å²) < 4.78 is 5.47. The highest BCUT2D eigenvalue weighted by atomic mass is 35.5. The van der Waals surface area contributed by atoms with Gasteiger partial charge in [0, 0.05) is 30.6 Å². The minimum atomic E-state index is -0.276. The second-order valence-electron chi connectivity index (χ2n) is 7.65. The Bertz CT molecular complexity index is 1130. The first kappa shape index (κ1) is 21.0. The number of halogens is 1. The van der Waals surface area contributed by atoms with Crippen LogP contribution in [-0.2, 0) is 9.53 Å². The number of ether oxygens (including phenoxy) is 1. The van der Waals surface area contributed by atoms with Gasteiger partial charge in [0.1, 0.15) is 0 Å². The molecule has 5 rings (SSSR count). The first-order chi connectivity index (χ1) is 15.6. The minimum Gasteiger partial charge on any atom is -0.378 e. The maximum Gasteiger partial charge on any atom is 0.198 e. The monoisotopic (exact) mass is 466 g/mol. The smallest absolute Gasteiger partial charge is 0.198 e. The standard InChI is InChI=1S/C24H23ClN4O2S/c1-17(30)23-26-29(18-6-3-2-4-7-18)24(22-8-5-15-32-22)28(23)19-9-10-21(20(25)16-19)27-11-13-31-14-12-27/h2-10,15-16,24H,11-14H2,1H3/t24-/m1/s1. The summed E-state index contributed by atoms with van der Waals surface area (Å²) in [5.74, 6) is 0.292. The molecule has 2 aliphatic heterocycles. The van der Waals surface area contributed by atoms with Crippen LogP contribution < -0.4 is 14.8 Å². The zero-order chi connectivity index (χ0) is 22.1. The zero-order valence-corrected chi connectivity index (χ0v) is 19.2. The van der Waals surface area contributed by atoms with Gasteiger partial charge in [-0.15, -0.1) is 16.4 Å². The fourth-order valence-corrected chi connectivity index (χ4v) is 5.20. The van der Waals surface area contributed by atoms with Crippen molar-refractivity contribution in [2.75, 3.05) is 41.1 Å². The van der Waals surface area contributed by atoms with Gasteiger partial charge in [0.25, 0.3) is 0 Å². The molecule has 1 saturated heterocycles. The Balaban J connectivity index is 1.58. The van der Waals surface area contributed by atoms with Gasteiger partial charge in [-0.1, -0.05) is 35.9 Å². The summed E-state index contributed by atoms with van der Waals surface area (Å²) in [6.07, 6.45) is -0.276. The Morgan fingerprint density at radius 3 is 2.50 bits per heavy atom. The molecule has 0 unspecified atom stereocenters. The van der Waals surface area contributed by atoms with E-state index < -0.39 is 0 Å². The van der Waals surface area contributed by atoms with E-state index in [1.165, 1.54) is 0 Å². The van der Waals surface area contributed by atoms with Gasteiger partial charge in [-0.2, -0.15) is 0 Å². The van der Waals surface area contributed by atoms with Crippen LogP contribution in [0.25, 0.3) is 0 Å². The van der Waals surface area contributed by atoms with Crippen LogP contribution in [0, 0.1) is 0 Å². The number of Topliss-reactive ketones (excluding diaryl/α,β-unsaturated/α-hetero) is 1. The average Bonchev–Trinajstić information content (AvgIpc) is 3.48. The predicted octanol–water partition coefficient (Wildman–Crippen LogP) is 5.17. The average molecular weight is 467 g/mol. The lowest BCUT2D eigenvalue weighted by Gasteiger charge is -2.32. The zero-order valence-electron chi connectivity index (χ0n) is 17.6. The van der Waals surface area contributed by atoms with Crippen molar-refractivity contribution in [3.05, 3.63) is 75.9 Å². The molecule has 0 spiro atoms. The second-order valence-corrected chi connectivity index (χ2v) is 9.04. The lowest BCUT2D eigenvalue weighted by atomic mass is 10.2. The van der Waals surface area contributed by atoms with E-state index in [2.05, 4.69) is 11.0 Å². The number of hydrogen-bond donors (Lipinski definition) is 0. The van der Waals surface area contributed by atoms with Crippen LogP contribution in [0.3, 0.4) is 0 Å². The molecule has 0 N–H and O–H groups in total. The van der Waals surface area contributed by atoms with Crippen molar-refractivity contribution in [2.45, 2.75) is 13.1 Å². The van der Waals surface area contributed by atoms with Gasteiger partial charge in [-0.25, -0.2) is 5.01 Å². The van der Waals surface area contributed by atoms with E-state index in [1.54, 1.807) is 18.3 Å². The van der Waals surface area contributed by atoms with Crippen molar-refractivity contribution in [2.24, 2.45) is 5.10 Å². The van der Waals surface area contributed by atoms with Gasteiger partial charge in [-0.05, 0) is 41.8 Å². The highest BCUT2D eigenvalue weighted by Gasteiger charge is 2.40. The van der Waals surface area contributed by atoms with Crippen molar-refractivity contribution in [1.82, 2.24) is 0 Å². The molecule has 6 nitrogen and oxygen atoms in total. The van der Waals surface area contributed by atoms with Gasteiger partial charge < -0.3 is 9.64 Å². The molecule has 3 heterocycles. The Labute approximate surface area is 196 Å². The first-order valence-corrected chi connectivity index (χ1v) is 11.8. The largest absolute Gasteiger partial charge is 0.378 e. The lowest BCUT2D eigenvalue weighted by Crippen LogP contribution is -2.38. The number of benzene rings is 2. The number of anilines is 3. The molecule has 2 aliphatic rings. The molecular weight excluding hydrogens is 444 g/mol. The van der Waals surface area contributed by atoms with Crippen LogP contribution in [-0.4, -0.2) is 37.9 Å². The number of amidine groups is 1. The van der Waals surface area contributed by atoms with Gasteiger partial charge in [0.05, 0.1) is 29.6 Å². The molecule has 32 heavy (non-hydrogen) atoms. The molecule has 8 heteroatoms. The molecule has 0 radical (unpaired) electrons. The Hall–Kier alpha value is -2.87. The number of ketones is 1. The molecule has 0 bridgehead atoms. The third kappa shape index (κ3) is 3.88. The summed E-state index contributed by atoms with van der Waals surface area (Å²) in [6.45, 7) is 4.55. The second kappa shape index (κ2) is 8.94. The number of para-hydroxylation sites is 1. The van der Waals surface area contributed by atoms with Gasteiger partial charge in [0.15, 0.2) is 17.8 Å². The molecule has 164 valence electrons. The van der Waals surface area contributed by atoms with E-state index in [9.17, 15) is 4.79 Å². The molecule has 3 aromatic rings. The number of carbonyl (C=O) groups excluding carboxylic acids is 1. The normalized spacial score (nSPS) is 18.8. The van der Waals surface area contributed by atoms with Crippen molar-refractivity contribution < 1.29 is 9.53 Å². The van der Waals surface area contributed by atoms with Crippen LogP contribution in [0.5, 0.6) is 0 Å². The molecule has 0 aliphatic carbocycles. The highest BCUT2D eigenvalue weighted by molar-refractivity contribution is 7.10. The summed E-state index contributed by atoms with van der Waals surface area (Å²) in [5, 5.41) is 9.35. The summed E-state index contributed by atoms with van der Waals surface area (Å²) in [7, 11) is 0. The maximum atomic E-state index is 12.7. The van der Waals surface area contributed by atoms with Gasteiger partial charge in [0.2, 0.25) is 0 Å². The van der Waals surface area contributed by atoms with E-state index in [-0.39, 0.29) is 11.9 Å². The van der Waals surface area contributed by atoms with Crippen LogP contribution in [0.15, 0.2) is 71.1 Å². The highest BCUT2D eigenvalue weighted by Crippen LogP contribution is 2.42. The molecular formula is C24H23ClN4O2S. The molecule has 0 saturated carbocycles. The molecule has 1 fully saturated rings. The SMILES string of the molecule is CC(=O)C1=NN(c2ccccc2)[C@H](c2cccs2)N1c1ccc(N2CCOCC2)c(Cl)c1. The predicted molar refractivity (Wildman–Crippen MR) is 131 cm³/mol. The molecule has 1 atom stereocenters. The number of thiophene rings is 1. The lowest BCUT2D eigenvalue weighted by molar-refractivity contribution is -0.111. The van der Waals surface area contributed by atoms with Gasteiger partial charge in [-0.3, -0.25) is 9.69 Å². The van der Waals surface area contributed by atoms with E-state index in [0.717, 1.165) is 35.0 Å². The van der Waals surface area contributed by atoms with E-state index in [0.29, 0.717) is 24.1 Å². The van der Waals surface area contributed by atoms with E-state index >= 15 is 0 Å². The quantitative estimate of drug-likeness (QED) is 0.519. The van der Waals surface area contributed by atoms with E-state index in [4.69, 9.17) is 21.4 Å². The topological polar surface area (TPSA) is 48.4 Å². The minimum absolute atomic E-state index is 0.0987. The summed E-state index contributed by atoms with van der Waals surface area (Å²) in [4.78, 5) is 18.0. The van der Waals surface area contributed by atoms with Crippen LogP contribution in [0.2, 0.25) is 5.02 Å². The molecule has 2 aromatic carbocycles. The third-order valence-electron chi connectivity index (χ3n) is 5.60. The Morgan fingerprint density at radius 1 is 1.06 bits per heavy atom. The third-order valence-corrected chi connectivity index (χ3v) is 6.82. The van der Waals surface area contributed by atoms with Crippen molar-refractivity contribution >= 4 is 51.6 Å². The van der Waals surface area contributed by atoms with Crippen molar-refractivity contribution in [1.29, 1.82) is 0 Å². The Kier molecular flexibility index (Phi) is 5.87. The van der Waals surface area contributed by atoms with Crippen molar-refractivity contribution in [3.63, 3.8) is 0 Å². The summed E-state index contributed by atoms with van der Waals surface area (Å²) >= 11 is 8.39. The summed E-state index contributed by atoms with van der Waals surface area (Å²) in [6, 6.07) is 20.0. The maximum absolute atomic E-state index is 12.7. The number of nitrogens with zero attached hydrogens (tertiary/aromatic N) is 4.